The fourth-order valence-corrected chi connectivity index (χ4v) is 5.63. The zero-order valence-corrected chi connectivity index (χ0v) is 17.8. The molecule has 1 amide bonds. The van der Waals surface area contributed by atoms with Crippen LogP contribution in [0.1, 0.15) is 36.9 Å². The zero-order valence-electron chi connectivity index (χ0n) is 15.5. The summed E-state index contributed by atoms with van der Waals surface area (Å²) in [5.74, 6) is -0.342. The predicted molar refractivity (Wildman–Crippen MR) is 111 cm³/mol. The molecule has 1 atom stereocenters. The second kappa shape index (κ2) is 8.82. The van der Waals surface area contributed by atoms with E-state index < -0.39 is 10.0 Å². The Kier molecular flexibility index (Phi) is 6.65. The van der Waals surface area contributed by atoms with Crippen LogP contribution < -0.4 is 5.32 Å². The smallest absolute Gasteiger partial charge is 0.245 e. The number of fused-ring (bicyclic) bond motifs is 1. The Morgan fingerprint density at radius 2 is 1.96 bits per heavy atom. The maximum atomic E-state index is 13.0. The molecule has 1 aliphatic rings. The Morgan fingerprint density at radius 1 is 1.21 bits per heavy atom. The van der Waals surface area contributed by atoms with Gasteiger partial charge in [-0.2, -0.15) is 4.31 Å². The molecule has 5 nitrogen and oxygen atoms in total. The van der Waals surface area contributed by atoms with Crippen molar-refractivity contribution in [1.82, 2.24) is 9.62 Å². The monoisotopic (exact) mass is 440 g/mol. The second-order valence-electron chi connectivity index (χ2n) is 6.72. The van der Waals surface area contributed by atoms with Gasteiger partial charge in [-0.3, -0.25) is 4.79 Å². The normalized spacial score (nSPS) is 16.6. The number of hydrogen-bond acceptors (Lipinski definition) is 3. The van der Waals surface area contributed by atoms with E-state index in [1.54, 1.807) is 6.92 Å². The van der Waals surface area contributed by atoms with Gasteiger partial charge in [0, 0.05) is 11.6 Å². The van der Waals surface area contributed by atoms with Crippen molar-refractivity contribution in [2.75, 3.05) is 13.1 Å². The van der Waals surface area contributed by atoms with Crippen LogP contribution in [-0.2, 0) is 21.2 Å². The Hall–Kier alpha value is -1.60. The lowest BCUT2D eigenvalue weighted by atomic mass is 9.88. The van der Waals surface area contributed by atoms with Gasteiger partial charge in [0.1, 0.15) is 4.90 Å². The van der Waals surface area contributed by atoms with Gasteiger partial charge in [0.15, 0.2) is 0 Å². The van der Waals surface area contributed by atoms with Crippen LogP contribution in [0.5, 0.6) is 0 Å². The van der Waals surface area contributed by atoms with Crippen molar-refractivity contribution in [2.24, 2.45) is 0 Å². The number of carbonyl (C=O) groups is 1. The summed E-state index contributed by atoms with van der Waals surface area (Å²) in [6.07, 6.45) is 2.81. The molecule has 0 bridgehead atoms. The summed E-state index contributed by atoms with van der Waals surface area (Å²) in [7, 11) is -3.94. The number of hydrogen-bond donors (Lipinski definition) is 1. The molecule has 0 radical (unpaired) electrons. The minimum Gasteiger partial charge on any atom is -0.348 e. The maximum Gasteiger partial charge on any atom is 0.245 e. The third-order valence-electron chi connectivity index (χ3n) is 4.89. The number of aryl methyl sites for hydroxylation is 1. The number of likely N-dealkylation sites (N-methyl/N-ethyl adjacent to an activating group) is 1. The summed E-state index contributed by atoms with van der Waals surface area (Å²) in [4.78, 5) is 12.5. The highest BCUT2D eigenvalue weighted by atomic mass is 35.5. The first-order valence-corrected chi connectivity index (χ1v) is 11.3. The molecule has 0 aliphatic heterocycles. The third kappa shape index (κ3) is 4.51. The van der Waals surface area contributed by atoms with Crippen LogP contribution >= 0.6 is 23.2 Å². The van der Waals surface area contributed by atoms with Crippen molar-refractivity contribution in [1.29, 1.82) is 0 Å². The molecule has 0 saturated heterocycles. The predicted octanol–water partition coefficient (Wildman–Crippen LogP) is 4.20. The molecule has 0 spiro atoms. The van der Waals surface area contributed by atoms with E-state index >= 15 is 0 Å². The van der Waals surface area contributed by atoms with Gasteiger partial charge in [-0.1, -0.05) is 54.4 Å². The van der Waals surface area contributed by atoms with Gasteiger partial charge in [0.25, 0.3) is 0 Å². The molecule has 0 fully saturated rings. The van der Waals surface area contributed by atoms with Crippen LogP contribution in [0, 0.1) is 0 Å². The van der Waals surface area contributed by atoms with E-state index in [4.69, 9.17) is 23.2 Å². The topological polar surface area (TPSA) is 66.5 Å². The molecule has 0 aromatic heterocycles. The van der Waals surface area contributed by atoms with Gasteiger partial charge >= 0.3 is 0 Å². The zero-order chi connectivity index (χ0) is 20.3. The Labute approximate surface area is 175 Å². The van der Waals surface area contributed by atoms with E-state index in [0.29, 0.717) is 0 Å². The molecule has 0 saturated carbocycles. The van der Waals surface area contributed by atoms with E-state index in [9.17, 15) is 13.2 Å². The molecule has 3 rings (SSSR count). The molecule has 2 aromatic rings. The number of carbonyl (C=O) groups excluding carboxylic acids is 1. The fourth-order valence-electron chi connectivity index (χ4n) is 3.48. The fraction of sp³-hybridized carbons (Fsp3) is 0.350. The van der Waals surface area contributed by atoms with E-state index in [1.807, 2.05) is 18.2 Å². The Balaban J connectivity index is 1.76. The minimum atomic E-state index is -3.94. The van der Waals surface area contributed by atoms with Gasteiger partial charge < -0.3 is 5.32 Å². The standard InChI is InChI=1S/C20H22Cl2N2O3S/c1-2-24(28(26,27)19-12-15(21)10-11-17(19)22)13-20(25)23-18-9-5-7-14-6-3-4-8-16(14)18/h3-4,6,8,10-12,18H,2,5,7,9,13H2,1H3,(H,23,25). The van der Waals surface area contributed by atoms with Crippen molar-refractivity contribution in [2.45, 2.75) is 37.1 Å². The highest BCUT2D eigenvalue weighted by Gasteiger charge is 2.29. The second-order valence-corrected chi connectivity index (χ2v) is 9.47. The van der Waals surface area contributed by atoms with Gasteiger partial charge in [0.05, 0.1) is 17.6 Å². The lowest BCUT2D eigenvalue weighted by molar-refractivity contribution is -0.122. The highest BCUT2D eigenvalue weighted by molar-refractivity contribution is 7.89. The number of nitrogens with one attached hydrogen (secondary N) is 1. The average Bonchev–Trinajstić information content (AvgIpc) is 2.68. The molecule has 1 N–H and O–H groups in total. The van der Waals surface area contributed by atoms with Gasteiger partial charge in [-0.15, -0.1) is 0 Å². The van der Waals surface area contributed by atoms with E-state index in [1.165, 1.54) is 23.8 Å². The van der Waals surface area contributed by atoms with E-state index in [2.05, 4.69) is 11.4 Å². The van der Waals surface area contributed by atoms with Crippen LogP contribution in [-0.4, -0.2) is 31.7 Å². The highest BCUT2D eigenvalue weighted by Crippen LogP contribution is 2.30. The molecular weight excluding hydrogens is 419 g/mol. The summed E-state index contributed by atoms with van der Waals surface area (Å²) in [6.45, 7) is 1.54. The third-order valence-corrected chi connectivity index (χ3v) is 7.53. The first-order chi connectivity index (χ1) is 13.3. The van der Waals surface area contributed by atoms with Gasteiger partial charge in [-0.25, -0.2) is 8.42 Å². The number of rotatable bonds is 6. The quantitative estimate of drug-likeness (QED) is 0.731. The van der Waals surface area contributed by atoms with Crippen LogP contribution in [0.15, 0.2) is 47.4 Å². The van der Waals surface area contributed by atoms with Crippen LogP contribution in [0.3, 0.4) is 0 Å². The van der Waals surface area contributed by atoms with Crippen molar-refractivity contribution in [3.8, 4) is 0 Å². The molecule has 1 unspecified atom stereocenters. The van der Waals surface area contributed by atoms with Gasteiger partial charge in [0.2, 0.25) is 15.9 Å². The van der Waals surface area contributed by atoms with Crippen molar-refractivity contribution in [3.05, 3.63) is 63.6 Å². The van der Waals surface area contributed by atoms with Crippen molar-refractivity contribution in [3.63, 3.8) is 0 Å². The minimum absolute atomic E-state index is 0.0736. The SMILES string of the molecule is CCN(CC(=O)NC1CCCc2ccccc21)S(=O)(=O)c1cc(Cl)ccc1Cl. The van der Waals surface area contributed by atoms with Crippen LogP contribution in [0.2, 0.25) is 10.0 Å². The first kappa shape index (κ1) is 21.1. The lowest BCUT2D eigenvalue weighted by Crippen LogP contribution is -2.42. The summed E-state index contributed by atoms with van der Waals surface area (Å²) >= 11 is 12.0. The lowest BCUT2D eigenvalue weighted by Gasteiger charge is -2.27. The largest absolute Gasteiger partial charge is 0.348 e. The molecule has 28 heavy (non-hydrogen) atoms. The number of sulfonamides is 1. The van der Waals surface area contributed by atoms with E-state index in [-0.39, 0.29) is 40.0 Å². The molecule has 1 aliphatic carbocycles. The molecule has 0 heterocycles. The van der Waals surface area contributed by atoms with Crippen molar-refractivity contribution < 1.29 is 13.2 Å². The summed E-state index contributed by atoms with van der Waals surface area (Å²) in [5, 5.41) is 3.32. The number of amides is 1. The molecule has 150 valence electrons. The van der Waals surface area contributed by atoms with Crippen molar-refractivity contribution >= 4 is 39.1 Å². The average molecular weight is 441 g/mol. The summed E-state index contributed by atoms with van der Waals surface area (Å²) in [5.41, 5.74) is 2.33. The van der Waals surface area contributed by atoms with E-state index in [0.717, 1.165) is 29.1 Å². The van der Waals surface area contributed by atoms with Gasteiger partial charge in [-0.05, 0) is 48.6 Å². The summed E-state index contributed by atoms with van der Waals surface area (Å²) < 4.78 is 27.0. The number of nitrogens with zero attached hydrogens (tertiary/aromatic N) is 1. The summed E-state index contributed by atoms with van der Waals surface area (Å²) in [6, 6.07) is 12.2. The Bertz CT molecular complexity index is 979. The first-order valence-electron chi connectivity index (χ1n) is 9.15. The molecular formula is C20H22Cl2N2O3S. The molecule has 2 aromatic carbocycles. The number of halogens is 2. The Morgan fingerprint density at radius 3 is 2.71 bits per heavy atom. The molecule has 8 heteroatoms. The van der Waals surface area contributed by atoms with Crippen LogP contribution in [0.25, 0.3) is 0 Å². The maximum absolute atomic E-state index is 13.0. The number of benzene rings is 2. The van der Waals surface area contributed by atoms with Crippen LogP contribution in [0.4, 0.5) is 0 Å².